The van der Waals surface area contributed by atoms with E-state index in [1.54, 1.807) is 0 Å². The Kier molecular flexibility index (Phi) is 3.93. The molecule has 1 N–H and O–H groups in total. The number of carboxylic acids is 1. The highest BCUT2D eigenvalue weighted by atomic mass is 16.4. The number of hydrogen-bond donors (Lipinski definition) is 1. The highest BCUT2D eigenvalue weighted by molar-refractivity contribution is 5.90. The normalized spacial score (nSPS) is 21.3. The Bertz CT molecular complexity index is 647. The second-order valence-electron chi connectivity index (χ2n) is 5.89. The van der Waals surface area contributed by atoms with Gasteiger partial charge < -0.3 is 5.11 Å². The van der Waals surface area contributed by atoms with Gasteiger partial charge in [-0.3, -0.25) is 9.69 Å². The van der Waals surface area contributed by atoms with Gasteiger partial charge in [-0.2, -0.15) is 0 Å². The lowest BCUT2D eigenvalue weighted by Gasteiger charge is -2.38. The number of carboxylic acid groups (broad SMARTS) is 1. The first kappa shape index (κ1) is 14.1. The molecular formula is C18H21NO2. The van der Waals surface area contributed by atoms with Crippen molar-refractivity contribution in [1.29, 1.82) is 0 Å². The van der Waals surface area contributed by atoms with E-state index < -0.39 is 12.0 Å². The molecule has 3 nitrogen and oxygen atoms in total. The molecule has 0 saturated carbocycles. The Morgan fingerprint density at radius 2 is 1.95 bits per heavy atom. The molecule has 1 fully saturated rings. The summed E-state index contributed by atoms with van der Waals surface area (Å²) in [6.45, 7) is 3.00. The lowest BCUT2D eigenvalue weighted by atomic mass is 9.94. The van der Waals surface area contributed by atoms with Crippen LogP contribution in [0, 0.1) is 0 Å². The number of hydrogen-bond acceptors (Lipinski definition) is 2. The van der Waals surface area contributed by atoms with Crippen LogP contribution in [0.1, 0.15) is 37.8 Å². The number of aliphatic carboxylic acids is 1. The molecule has 0 aliphatic carbocycles. The van der Waals surface area contributed by atoms with Crippen molar-refractivity contribution in [2.45, 2.75) is 38.3 Å². The fourth-order valence-corrected chi connectivity index (χ4v) is 3.45. The third-order valence-electron chi connectivity index (χ3n) is 4.54. The third kappa shape index (κ3) is 2.66. The summed E-state index contributed by atoms with van der Waals surface area (Å²) in [4.78, 5) is 14.1. The van der Waals surface area contributed by atoms with Gasteiger partial charge in [-0.25, -0.2) is 0 Å². The first-order valence-electron chi connectivity index (χ1n) is 7.64. The van der Waals surface area contributed by atoms with Crippen molar-refractivity contribution in [3.05, 3.63) is 48.0 Å². The second kappa shape index (κ2) is 5.86. The van der Waals surface area contributed by atoms with Crippen LogP contribution in [0.15, 0.2) is 42.5 Å². The van der Waals surface area contributed by atoms with Crippen LogP contribution in [0.3, 0.4) is 0 Å². The third-order valence-corrected chi connectivity index (χ3v) is 4.54. The second-order valence-corrected chi connectivity index (χ2v) is 5.89. The molecule has 2 atom stereocenters. The van der Waals surface area contributed by atoms with Crippen molar-refractivity contribution in [3.63, 3.8) is 0 Å². The van der Waals surface area contributed by atoms with Gasteiger partial charge in [0.2, 0.25) is 0 Å². The smallest absolute Gasteiger partial charge is 0.325 e. The minimum absolute atomic E-state index is 0.318. The maximum atomic E-state index is 11.9. The molecule has 0 radical (unpaired) electrons. The van der Waals surface area contributed by atoms with Crippen molar-refractivity contribution in [1.82, 2.24) is 4.90 Å². The number of nitrogens with zero attached hydrogens (tertiary/aromatic N) is 1. The first-order chi connectivity index (χ1) is 10.2. The molecule has 3 rings (SSSR count). The van der Waals surface area contributed by atoms with Gasteiger partial charge in [0.1, 0.15) is 6.04 Å². The maximum absolute atomic E-state index is 11.9. The molecule has 0 aromatic heterocycles. The van der Waals surface area contributed by atoms with Crippen LogP contribution in [-0.4, -0.2) is 28.6 Å². The zero-order valence-corrected chi connectivity index (χ0v) is 12.3. The van der Waals surface area contributed by atoms with E-state index >= 15 is 0 Å². The Morgan fingerprint density at radius 1 is 1.19 bits per heavy atom. The SMILES string of the molecule is CC1CCCCN1C(C(=O)O)c1cccc2ccccc12. The summed E-state index contributed by atoms with van der Waals surface area (Å²) < 4.78 is 0. The van der Waals surface area contributed by atoms with Gasteiger partial charge in [-0.15, -0.1) is 0 Å². The Hall–Kier alpha value is -1.87. The minimum Gasteiger partial charge on any atom is -0.480 e. The zero-order valence-electron chi connectivity index (χ0n) is 12.3. The average Bonchev–Trinajstić information content (AvgIpc) is 2.49. The monoisotopic (exact) mass is 283 g/mol. The van der Waals surface area contributed by atoms with E-state index in [0.29, 0.717) is 6.04 Å². The van der Waals surface area contributed by atoms with Crippen LogP contribution < -0.4 is 0 Å². The Balaban J connectivity index is 2.09. The largest absolute Gasteiger partial charge is 0.480 e. The number of piperidine rings is 1. The number of rotatable bonds is 3. The summed E-state index contributed by atoms with van der Waals surface area (Å²) in [5.74, 6) is -0.750. The number of fused-ring (bicyclic) bond motifs is 1. The van der Waals surface area contributed by atoms with Crippen LogP contribution in [0.25, 0.3) is 10.8 Å². The van der Waals surface area contributed by atoms with Gasteiger partial charge in [-0.1, -0.05) is 48.9 Å². The molecule has 2 aromatic carbocycles. The Labute approximate surface area is 125 Å². The first-order valence-corrected chi connectivity index (χ1v) is 7.64. The summed E-state index contributed by atoms with van der Waals surface area (Å²) >= 11 is 0. The number of carbonyl (C=O) groups is 1. The van der Waals surface area contributed by atoms with E-state index in [0.717, 1.165) is 35.7 Å². The molecule has 3 heteroatoms. The average molecular weight is 283 g/mol. The molecule has 0 bridgehead atoms. The van der Waals surface area contributed by atoms with Gasteiger partial charge in [0.05, 0.1) is 0 Å². The zero-order chi connectivity index (χ0) is 14.8. The molecule has 2 unspecified atom stereocenters. The van der Waals surface area contributed by atoms with Crippen LogP contribution in [0.2, 0.25) is 0 Å². The summed E-state index contributed by atoms with van der Waals surface area (Å²) in [7, 11) is 0. The van der Waals surface area contributed by atoms with Gasteiger partial charge in [0.25, 0.3) is 0 Å². The molecule has 2 aromatic rings. The predicted molar refractivity (Wildman–Crippen MR) is 84.3 cm³/mol. The van der Waals surface area contributed by atoms with Crippen molar-refractivity contribution in [2.75, 3.05) is 6.54 Å². The molecule has 1 aliphatic heterocycles. The summed E-state index contributed by atoms with van der Waals surface area (Å²) in [6, 6.07) is 13.8. The van der Waals surface area contributed by atoms with Gasteiger partial charge in [0, 0.05) is 6.04 Å². The molecule has 1 aliphatic rings. The van der Waals surface area contributed by atoms with Crippen LogP contribution >= 0.6 is 0 Å². The maximum Gasteiger partial charge on any atom is 0.325 e. The van der Waals surface area contributed by atoms with E-state index in [1.165, 1.54) is 6.42 Å². The molecule has 0 amide bonds. The quantitative estimate of drug-likeness (QED) is 0.930. The van der Waals surface area contributed by atoms with Gasteiger partial charge >= 0.3 is 5.97 Å². The molecule has 1 saturated heterocycles. The van der Waals surface area contributed by atoms with Crippen molar-refractivity contribution >= 4 is 16.7 Å². The number of likely N-dealkylation sites (tertiary alicyclic amines) is 1. The van der Waals surface area contributed by atoms with Crippen LogP contribution in [-0.2, 0) is 4.79 Å². The minimum atomic E-state index is -0.750. The molecular weight excluding hydrogens is 262 g/mol. The number of benzene rings is 2. The predicted octanol–water partition coefficient (Wildman–Crippen LogP) is 3.84. The highest BCUT2D eigenvalue weighted by Gasteiger charge is 2.33. The van der Waals surface area contributed by atoms with E-state index in [4.69, 9.17) is 0 Å². The standard InChI is InChI=1S/C18H21NO2/c1-13-7-4-5-12-19(13)17(18(20)21)16-11-6-9-14-8-2-3-10-15(14)16/h2-3,6,8-11,13,17H,4-5,7,12H2,1H3,(H,20,21). The van der Waals surface area contributed by atoms with Gasteiger partial charge in [-0.05, 0) is 42.6 Å². The lowest BCUT2D eigenvalue weighted by molar-refractivity contribution is -0.145. The molecule has 21 heavy (non-hydrogen) atoms. The summed E-state index contributed by atoms with van der Waals surface area (Å²) in [6.07, 6.45) is 3.35. The molecule has 0 spiro atoms. The van der Waals surface area contributed by atoms with Crippen molar-refractivity contribution < 1.29 is 9.90 Å². The molecule has 1 heterocycles. The Morgan fingerprint density at radius 3 is 2.71 bits per heavy atom. The fourth-order valence-electron chi connectivity index (χ4n) is 3.45. The summed E-state index contributed by atoms with van der Waals surface area (Å²) in [5, 5.41) is 12.0. The molecule has 110 valence electrons. The van der Waals surface area contributed by atoms with E-state index in [1.807, 2.05) is 42.5 Å². The van der Waals surface area contributed by atoms with Gasteiger partial charge in [0.15, 0.2) is 0 Å². The topological polar surface area (TPSA) is 40.5 Å². The summed E-state index contributed by atoms with van der Waals surface area (Å²) in [5.41, 5.74) is 0.911. The lowest BCUT2D eigenvalue weighted by Crippen LogP contribution is -2.43. The van der Waals surface area contributed by atoms with Crippen molar-refractivity contribution in [3.8, 4) is 0 Å². The van der Waals surface area contributed by atoms with Crippen molar-refractivity contribution in [2.24, 2.45) is 0 Å². The van der Waals surface area contributed by atoms with E-state index in [-0.39, 0.29) is 0 Å². The highest BCUT2D eigenvalue weighted by Crippen LogP contribution is 2.32. The van der Waals surface area contributed by atoms with Crippen LogP contribution in [0.5, 0.6) is 0 Å². The van der Waals surface area contributed by atoms with E-state index in [9.17, 15) is 9.90 Å². The fraction of sp³-hybridized carbons (Fsp3) is 0.389. The van der Waals surface area contributed by atoms with E-state index in [2.05, 4.69) is 11.8 Å². The van der Waals surface area contributed by atoms with Crippen LogP contribution in [0.4, 0.5) is 0 Å².